The smallest absolute Gasteiger partial charge is 0.306 e. The molecule has 0 rings (SSSR count). The van der Waals surface area contributed by atoms with Crippen molar-refractivity contribution in [3.05, 3.63) is 0 Å². The fourth-order valence-electron chi connectivity index (χ4n) is 0.282. The fourth-order valence-corrected chi connectivity index (χ4v) is 0.845. The first-order valence-electron chi connectivity index (χ1n) is 2.15. The maximum Gasteiger partial charge on any atom is 0.493 e. The summed E-state index contributed by atoms with van der Waals surface area (Å²) in [5.41, 5.74) is 0. The first-order chi connectivity index (χ1) is 4.37. The molecule has 7 heteroatoms. The standard InChI is InChI=1S/C3H6F3O3P/c1-8-10(7,9-2)3(4,5)6/h1-2H3. The molecule has 0 saturated carbocycles. The third kappa shape index (κ3) is 1.71. The van der Waals surface area contributed by atoms with Gasteiger partial charge in [-0.25, -0.2) is 4.57 Å². The highest BCUT2D eigenvalue weighted by atomic mass is 31.2. The van der Waals surface area contributed by atoms with Gasteiger partial charge in [-0.1, -0.05) is 0 Å². The Hall–Kier alpha value is -0.0600. The molecule has 0 atom stereocenters. The van der Waals surface area contributed by atoms with Crippen LogP contribution in [0.5, 0.6) is 0 Å². The Morgan fingerprint density at radius 3 is 1.50 bits per heavy atom. The molecule has 0 radical (unpaired) electrons. The quantitative estimate of drug-likeness (QED) is 0.606. The molecule has 62 valence electrons. The zero-order valence-electron chi connectivity index (χ0n) is 5.31. The molecular formula is C3H6F3O3P. The normalized spacial score (nSPS) is 13.7. The van der Waals surface area contributed by atoms with Gasteiger partial charge in [0.15, 0.2) is 0 Å². The summed E-state index contributed by atoms with van der Waals surface area (Å²) in [6.45, 7) is 0. The van der Waals surface area contributed by atoms with Crippen molar-refractivity contribution < 1.29 is 26.8 Å². The van der Waals surface area contributed by atoms with E-state index in [1.54, 1.807) is 0 Å². The maximum atomic E-state index is 11.6. The Balaban J connectivity index is 4.51. The largest absolute Gasteiger partial charge is 0.493 e. The Bertz CT molecular complexity index is 146. The van der Waals surface area contributed by atoms with Crippen LogP contribution >= 0.6 is 7.60 Å². The van der Waals surface area contributed by atoms with Crippen molar-refractivity contribution in [3.63, 3.8) is 0 Å². The van der Waals surface area contributed by atoms with E-state index < -0.39 is 13.5 Å². The minimum Gasteiger partial charge on any atom is -0.306 e. The number of halogens is 3. The molecule has 0 bridgehead atoms. The Morgan fingerprint density at radius 1 is 1.20 bits per heavy atom. The van der Waals surface area contributed by atoms with E-state index in [2.05, 4.69) is 9.05 Å². The van der Waals surface area contributed by atoms with Gasteiger partial charge in [0.05, 0.1) is 0 Å². The maximum absolute atomic E-state index is 11.6. The highest BCUT2D eigenvalue weighted by Crippen LogP contribution is 2.61. The molecule has 3 nitrogen and oxygen atoms in total. The lowest BCUT2D eigenvalue weighted by Gasteiger charge is -2.15. The molecule has 0 amide bonds. The predicted molar refractivity (Wildman–Crippen MR) is 27.7 cm³/mol. The second kappa shape index (κ2) is 2.90. The van der Waals surface area contributed by atoms with Crippen LogP contribution in [0.4, 0.5) is 13.2 Å². The minimum absolute atomic E-state index is 0.678. The van der Waals surface area contributed by atoms with Crippen LogP contribution in [0.3, 0.4) is 0 Å². The van der Waals surface area contributed by atoms with Crippen LogP contribution in [0.15, 0.2) is 0 Å². The molecule has 0 aliphatic carbocycles. The van der Waals surface area contributed by atoms with Crippen molar-refractivity contribution >= 4 is 7.60 Å². The van der Waals surface area contributed by atoms with Crippen LogP contribution < -0.4 is 0 Å². The van der Waals surface area contributed by atoms with E-state index in [1.807, 2.05) is 0 Å². The summed E-state index contributed by atoms with van der Waals surface area (Å²) in [6.07, 6.45) is 0. The topological polar surface area (TPSA) is 35.5 Å². The minimum atomic E-state index is -4.93. The van der Waals surface area contributed by atoms with Gasteiger partial charge in [-0.15, -0.1) is 0 Å². The fraction of sp³-hybridized carbons (Fsp3) is 1.00. The highest BCUT2D eigenvalue weighted by molar-refractivity contribution is 7.54. The molecule has 0 spiro atoms. The summed E-state index contributed by atoms with van der Waals surface area (Å²) in [5.74, 6) is -4.93. The molecule has 0 heterocycles. The van der Waals surface area contributed by atoms with Gasteiger partial charge in [-0.05, 0) is 0 Å². The summed E-state index contributed by atoms with van der Waals surface area (Å²) >= 11 is 0. The molecule has 0 N–H and O–H groups in total. The van der Waals surface area contributed by atoms with Crippen molar-refractivity contribution in [2.75, 3.05) is 14.2 Å². The van der Waals surface area contributed by atoms with Crippen LogP contribution in [0, 0.1) is 0 Å². The molecule has 0 aromatic rings. The van der Waals surface area contributed by atoms with Crippen LogP contribution in [-0.2, 0) is 13.6 Å². The van der Waals surface area contributed by atoms with Crippen molar-refractivity contribution in [2.45, 2.75) is 5.92 Å². The number of hydrogen-bond donors (Lipinski definition) is 0. The van der Waals surface area contributed by atoms with Crippen molar-refractivity contribution in [1.29, 1.82) is 0 Å². The molecule has 0 aromatic heterocycles. The lowest BCUT2D eigenvalue weighted by molar-refractivity contribution is -0.0708. The Kier molecular flexibility index (Phi) is 2.88. The van der Waals surface area contributed by atoms with Crippen molar-refractivity contribution in [2.24, 2.45) is 0 Å². The van der Waals surface area contributed by atoms with Gasteiger partial charge in [-0.3, -0.25) is 0 Å². The average Bonchev–Trinajstić information content (AvgIpc) is 1.84. The molecule has 0 saturated heterocycles. The van der Waals surface area contributed by atoms with Crippen molar-refractivity contribution in [3.8, 4) is 0 Å². The SMILES string of the molecule is COP(=O)(OC)C(F)(F)F. The van der Waals surface area contributed by atoms with E-state index in [4.69, 9.17) is 0 Å². The van der Waals surface area contributed by atoms with Gasteiger partial charge >= 0.3 is 13.5 Å². The zero-order valence-corrected chi connectivity index (χ0v) is 6.20. The lowest BCUT2D eigenvalue weighted by atomic mass is 11.6. The monoisotopic (exact) mass is 178 g/mol. The van der Waals surface area contributed by atoms with Gasteiger partial charge in [0.2, 0.25) is 0 Å². The van der Waals surface area contributed by atoms with Gasteiger partial charge in [-0.2, -0.15) is 13.2 Å². The molecule has 0 aliphatic heterocycles. The van der Waals surface area contributed by atoms with Crippen LogP contribution in [0.1, 0.15) is 0 Å². The van der Waals surface area contributed by atoms with E-state index in [9.17, 15) is 17.7 Å². The van der Waals surface area contributed by atoms with Gasteiger partial charge in [0, 0.05) is 14.2 Å². The van der Waals surface area contributed by atoms with E-state index in [1.165, 1.54) is 0 Å². The molecule has 0 aromatic carbocycles. The summed E-state index contributed by atoms with van der Waals surface area (Å²) in [6, 6.07) is 0. The van der Waals surface area contributed by atoms with Crippen LogP contribution in [0.2, 0.25) is 0 Å². The average molecular weight is 178 g/mol. The van der Waals surface area contributed by atoms with Crippen LogP contribution in [-0.4, -0.2) is 20.1 Å². The Labute approximate surface area is 55.7 Å². The summed E-state index contributed by atoms with van der Waals surface area (Å²) < 4.78 is 52.5. The molecule has 0 fully saturated rings. The highest BCUT2D eigenvalue weighted by Gasteiger charge is 2.53. The van der Waals surface area contributed by atoms with E-state index in [0.29, 0.717) is 14.2 Å². The first-order valence-corrected chi connectivity index (χ1v) is 3.70. The molecule has 10 heavy (non-hydrogen) atoms. The number of hydrogen-bond acceptors (Lipinski definition) is 3. The number of alkyl halides is 3. The predicted octanol–water partition coefficient (Wildman–Crippen LogP) is 1.99. The summed E-state index contributed by atoms with van der Waals surface area (Å²) in [4.78, 5) is 0. The van der Waals surface area contributed by atoms with Gasteiger partial charge in [0.25, 0.3) is 0 Å². The van der Waals surface area contributed by atoms with E-state index in [-0.39, 0.29) is 0 Å². The third-order valence-corrected chi connectivity index (χ3v) is 2.37. The van der Waals surface area contributed by atoms with Crippen LogP contribution in [0.25, 0.3) is 0 Å². The molecule has 0 unspecified atom stereocenters. The third-order valence-electron chi connectivity index (χ3n) is 0.791. The van der Waals surface area contributed by atoms with Gasteiger partial charge in [0.1, 0.15) is 0 Å². The zero-order chi connectivity index (χ0) is 8.41. The van der Waals surface area contributed by atoms with E-state index in [0.717, 1.165) is 0 Å². The summed E-state index contributed by atoms with van der Waals surface area (Å²) in [7, 11) is -3.51. The van der Waals surface area contributed by atoms with Crippen molar-refractivity contribution in [1.82, 2.24) is 0 Å². The second-order valence-electron chi connectivity index (χ2n) is 1.33. The van der Waals surface area contributed by atoms with E-state index >= 15 is 0 Å². The molecular weight excluding hydrogens is 172 g/mol. The molecule has 0 aliphatic rings. The number of rotatable bonds is 2. The van der Waals surface area contributed by atoms with Gasteiger partial charge < -0.3 is 9.05 Å². The first kappa shape index (κ1) is 9.94. The Morgan fingerprint density at radius 2 is 1.50 bits per heavy atom. The second-order valence-corrected chi connectivity index (χ2v) is 3.56. The lowest BCUT2D eigenvalue weighted by Crippen LogP contribution is -2.11. The summed E-state index contributed by atoms with van der Waals surface area (Å²) in [5, 5.41) is 0.